The van der Waals surface area contributed by atoms with Gasteiger partial charge in [-0.15, -0.1) is 0 Å². The van der Waals surface area contributed by atoms with Crippen molar-refractivity contribution < 1.29 is 10.2 Å². The van der Waals surface area contributed by atoms with E-state index in [4.69, 9.17) is 12.3 Å². The average Bonchev–Trinajstić information content (AvgIpc) is 3.67. The summed E-state index contributed by atoms with van der Waals surface area (Å²) in [6, 6.07) is 1.82. The van der Waals surface area contributed by atoms with Crippen molar-refractivity contribution in [3.05, 3.63) is 81.8 Å². The van der Waals surface area contributed by atoms with Crippen LogP contribution in [-0.2, 0) is 6.54 Å². The molecule has 1 unspecified atom stereocenters. The molecule has 1 aromatic carbocycles. The molecule has 41 heavy (non-hydrogen) atoms. The highest BCUT2D eigenvalue weighted by Gasteiger charge is 2.51. The van der Waals surface area contributed by atoms with Gasteiger partial charge >= 0.3 is 0 Å². The molecule has 3 atom stereocenters. The molecule has 0 aliphatic heterocycles. The van der Waals surface area contributed by atoms with E-state index in [1.165, 1.54) is 24.0 Å². The van der Waals surface area contributed by atoms with Crippen LogP contribution in [0.25, 0.3) is 5.57 Å². The van der Waals surface area contributed by atoms with E-state index in [0.29, 0.717) is 11.1 Å². The summed E-state index contributed by atoms with van der Waals surface area (Å²) in [5, 5.41) is 27.6. The maximum Gasteiger partial charge on any atom is 0.119 e. The minimum Gasteiger partial charge on any atom is -0.510 e. The number of allylic oxidation sites excluding steroid dienone is 3. The Labute approximate surface area is 249 Å². The van der Waals surface area contributed by atoms with Crippen molar-refractivity contribution in [1.82, 2.24) is 10.2 Å². The zero-order valence-electron chi connectivity index (χ0n) is 27.2. The van der Waals surface area contributed by atoms with E-state index in [2.05, 4.69) is 71.2 Å². The average molecular weight is 563 g/mol. The third-order valence-electron chi connectivity index (χ3n) is 9.34. The van der Waals surface area contributed by atoms with Gasteiger partial charge in [-0.25, -0.2) is 0 Å². The molecular weight excluding hydrogens is 508 g/mol. The number of anilines is 1. The molecule has 0 spiro atoms. The van der Waals surface area contributed by atoms with E-state index in [0.717, 1.165) is 52.5 Å². The highest BCUT2D eigenvalue weighted by molar-refractivity contribution is 5.86. The maximum absolute atomic E-state index is 12.7. The molecule has 1 saturated carbocycles. The van der Waals surface area contributed by atoms with Crippen LogP contribution in [0.1, 0.15) is 62.8 Å². The standard InChI is InChI=1S/C35H54N4O2/c1-19(2)30(23(6)35(41)24(7)32(26(9)36)34(40)33(25(35)8)39(12)13)22(5)31-20(3)28(18-37-17-27-14-15-27)16-29(21(31)4)38(10)11/h16,19,25,27,33,37,40-41H,5,7,9,14-15,17-18,36H2,1-4,6,8,10-13H3/b30-23+/t25-,33?,35-/m0/s1. The highest BCUT2D eigenvalue weighted by Crippen LogP contribution is 2.50. The Bertz CT molecular complexity index is 1300. The van der Waals surface area contributed by atoms with E-state index in [1.807, 2.05) is 32.8 Å². The van der Waals surface area contributed by atoms with Crippen LogP contribution in [0.4, 0.5) is 5.69 Å². The lowest BCUT2D eigenvalue weighted by Gasteiger charge is -2.48. The van der Waals surface area contributed by atoms with Crippen molar-refractivity contribution in [1.29, 1.82) is 0 Å². The van der Waals surface area contributed by atoms with Gasteiger partial charge in [0.05, 0.1) is 6.04 Å². The number of nitrogens with one attached hydrogen (secondary N) is 1. The summed E-state index contributed by atoms with van der Waals surface area (Å²) in [5.41, 5.74) is 14.2. The Hall–Kier alpha value is -2.80. The Morgan fingerprint density at radius 3 is 2.20 bits per heavy atom. The molecular formula is C35H54N4O2. The van der Waals surface area contributed by atoms with Gasteiger partial charge in [0.1, 0.15) is 11.4 Å². The normalized spacial score (nSPS) is 23.8. The number of benzene rings is 1. The minimum absolute atomic E-state index is 0.0617. The Kier molecular flexibility index (Phi) is 9.74. The fourth-order valence-corrected chi connectivity index (χ4v) is 6.98. The fourth-order valence-electron chi connectivity index (χ4n) is 6.98. The third kappa shape index (κ3) is 5.93. The SMILES string of the molecule is C=C(N)C1=C(O)C(N(C)C)[C@H](C)[C@](O)(/C(C)=C(/C(=C)c2c(C)c(CNCC3CC3)cc(N(C)C)c2C)C(C)C)C1=C. The second-order valence-corrected chi connectivity index (χ2v) is 13.0. The summed E-state index contributed by atoms with van der Waals surface area (Å²) in [6.45, 7) is 27.3. The van der Waals surface area contributed by atoms with Crippen molar-refractivity contribution in [3.63, 3.8) is 0 Å². The van der Waals surface area contributed by atoms with Crippen molar-refractivity contribution >= 4 is 11.3 Å². The lowest BCUT2D eigenvalue weighted by Crippen LogP contribution is -2.55. The maximum atomic E-state index is 12.7. The molecule has 226 valence electrons. The Morgan fingerprint density at radius 2 is 1.73 bits per heavy atom. The molecule has 0 radical (unpaired) electrons. The highest BCUT2D eigenvalue weighted by atomic mass is 16.3. The number of hydrogen-bond acceptors (Lipinski definition) is 6. The van der Waals surface area contributed by atoms with Gasteiger partial charge in [-0.1, -0.05) is 40.5 Å². The van der Waals surface area contributed by atoms with Crippen LogP contribution in [0.15, 0.2) is 59.6 Å². The van der Waals surface area contributed by atoms with Gasteiger partial charge in [0, 0.05) is 43.5 Å². The van der Waals surface area contributed by atoms with Gasteiger partial charge in [0.15, 0.2) is 0 Å². The van der Waals surface area contributed by atoms with E-state index in [-0.39, 0.29) is 17.4 Å². The molecule has 0 aromatic heterocycles. The van der Waals surface area contributed by atoms with Gasteiger partial charge in [-0.3, -0.25) is 4.90 Å². The number of likely N-dealkylation sites (N-methyl/N-ethyl adjacent to an activating group) is 1. The molecule has 5 N–H and O–H groups in total. The Morgan fingerprint density at radius 1 is 1.15 bits per heavy atom. The molecule has 0 bridgehead atoms. The first-order valence-corrected chi connectivity index (χ1v) is 14.9. The van der Waals surface area contributed by atoms with Crippen LogP contribution in [0.5, 0.6) is 0 Å². The topological polar surface area (TPSA) is 85.0 Å². The van der Waals surface area contributed by atoms with Crippen LogP contribution in [0.2, 0.25) is 0 Å². The zero-order valence-corrected chi connectivity index (χ0v) is 27.2. The summed E-state index contributed by atoms with van der Waals surface area (Å²) in [5.74, 6) is 0.553. The number of nitrogens with zero attached hydrogens (tertiary/aromatic N) is 2. The van der Waals surface area contributed by atoms with Crippen molar-refractivity contribution in [2.75, 3.05) is 39.6 Å². The van der Waals surface area contributed by atoms with Crippen LogP contribution in [-0.4, -0.2) is 61.5 Å². The molecule has 0 heterocycles. The van der Waals surface area contributed by atoms with Gasteiger partial charge in [-0.05, 0) is 117 Å². The molecule has 1 fully saturated rings. The molecule has 6 heteroatoms. The number of rotatable bonds is 11. The lowest BCUT2D eigenvalue weighted by atomic mass is 9.64. The van der Waals surface area contributed by atoms with Gasteiger partial charge in [0.2, 0.25) is 0 Å². The molecule has 2 aliphatic carbocycles. The summed E-state index contributed by atoms with van der Waals surface area (Å²) < 4.78 is 0. The van der Waals surface area contributed by atoms with E-state index >= 15 is 0 Å². The second-order valence-electron chi connectivity index (χ2n) is 13.0. The van der Waals surface area contributed by atoms with Crippen LogP contribution in [0, 0.1) is 31.6 Å². The second kappa shape index (κ2) is 12.2. The van der Waals surface area contributed by atoms with Crippen LogP contribution >= 0.6 is 0 Å². The predicted molar refractivity (Wildman–Crippen MR) is 175 cm³/mol. The first-order valence-electron chi connectivity index (χ1n) is 14.9. The number of aliphatic hydroxyl groups excluding tert-OH is 1. The van der Waals surface area contributed by atoms with Crippen LogP contribution in [0.3, 0.4) is 0 Å². The first-order chi connectivity index (χ1) is 19.0. The zero-order chi connectivity index (χ0) is 31.1. The first kappa shape index (κ1) is 32.7. The van der Waals surface area contributed by atoms with Crippen molar-refractivity contribution in [3.8, 4) is 0 Å². The monoisotopic (exact) mass is 562 g/mol. The van der Waals surface area contributed by atoms with Crippen molar-refractivity contribution in [2.24, 2.45) is 23.5 Å². The molecule has 6 nitrogen and oxygen atoms in total. The summed E-state index contributed by atoms with van der Waals surface area (Å²) in [7, 11) is 7.94. The third-order valence-corrected chi connectivity index (χ3v) is 9.34. The number of aliphatic hydroxyl groups is 2. The van der Waals surface area contributed by atoms with Crippen LogP contribution < -0.4 is 16.0 Å². The summed E-state index contributed by atoms with van der Waals surface area (Å²) in [6.07, 6.45) is 2.64. The molecule has 0 amide bonds. The van der Waals surface area contributed by atoms with Crippen molar-refractivity contribution in [2.45, 2.75) is 72.6 Å². The molecule has 0 saturated heterocycles. The number of hydrogen-bond donors (Lipinski definition) is 4. The fraction of sp³-hybridized carbons (Fsp3) is 0.543. The minimum atomic E-state index is -1.48. The molecule has 1 aromatic rings. The van der Waals surface area contributed by atoms with E-state index in [9.17, 15) is 10.2 Å². The van der Waals surface area contributed by atoms with Gasteiger partial charge < -0.3 is 26.2 Å². The van der Waals surface area contributed by atoms with Gasteiger partial charge in [-0.2, -0.15) is 0 Å². The summed E-state index contributed by atoms with van der Waals surface area (Å²) in [4.78, 5) is 4.07. The lowest BCUT2D eigenvalue weighted by molar-refractivity contribution is 0.00879. The van der Waals surface area contributed by atoms with E-state index < -0.39 is 17.6 Å². The summed E-state index contributed by atoms with van der Waals surface area (Å²) >= 11 is 0. The van der Waals surface area contributed by atoms with E-state index in [1.54, 1.807) is 0 Å². The number of nitrogens with two attached hydrogens (primary N) is 1. The quantitative estimate of drug-likeness (QED) is 0.247. The largest absolute Gasteiger partial charge is 0.510 e. The van der Waals surface area contributed by atoms with Gasteiger partial charge in [0.25, 0.3) is 0 Å². The predicted octanol–water partition coefficient (Wildman–Crippen LogP) is 6.01. The Balaban J connectivity index is 2.25. The molecule has 2 aliphatic rings. The smallest absolute Gasteiger partial charge is 0.119 e. The molecule has 3 rings (SSSR count).